The standard InChI is InChI=1S/C18H17N3O4/c19-25-18(22)8-4-13-3-7-17-15(11-13)9-10-20(17)12-14-1-5-16(6-2-14)21(23)24/h1-8,11H,9-10,12,19H2/b8-4+. The topological polar surface area (TPSA) is 98.7 Å². The molecule has 7 heteroatoms. The summed E-state index contributed by atoms with van der Waals surface area (Å²) in [4.78, 5) is 27.7. The molecule has 3 rings (SSSR count). The third kappa shape index (κ3) is 3.84. The molecular formula is C18H17N3O4. The van der Waals surface area contributed by atoms with Gasteiger partial charge >= 0.3 is 5.97 Å². The molecule has 2 N–H and O–H groups in total. The fraction of sp³-hybridized carbons (Fsp3) is 0.167. The van der Waals surface area contributed by atoms with Gasteiger partial charge in [0.2, 0.25) is 0 Å². The molecule has 0 unspecified atom stereocenters. The lowest BCUT2D eigenvalue weighted by molar-refractivity contribution is -0.384. The predicted octanol–water partition coefficient (Wildman–Crippen LogP) is 2.59. The highest BCUT2D eigenvalue weighted by Gasteiger charge is 2.19. The maximum Gasteiger partial charge on any atom is 0.349 e. The number of carbonyl (C=O) groups is 1. The highest BCUT2D eigenvalue weighted by Crippen LogP contribution is 2.30. The van der Waals surface area contributed by atoms with Crippen molar-refractivity contribution in [1.82, 2.24) is 0 Å². The maximum absolute atomic E-state index is 11.1. The molecule has 1 aliphatic rings. The first-order chi connectivity index (χ1) is 12.1. The number of benzene rings is 2. The van der Waals surface area contributed by atoms with Gasteiger partial charge in [-0.1, -0.05) is 18.2 Å². The summed E-state index contributed by atoms with van der Waals surface area (Å²) in [6, 6.07) is 12.6. The number of hydrogen-bond acceptors (Lipinski definition) is 6. The van der Waals surface area contributed by atoms with Crippen LogP contribution >= 0.6 is 0 Å². The van der Waals surface area contributed by atoms with Gasteiger partial charge in [-0.05, 0) is 41.3 Å². The Bertz CT molecular complexity index is 831. The number of carbonyl (C=O) groups excluding carboxylic acids is 1. The average molecular weight is 339 g/mol. The lowest BCUT2D eigenvalue weighted by Gasteiger charge is -2.19. The Labute approximate surface area is 144 Å². The molecule has 25 heavy (non-hydrogen) atoms. The molecule has 0 fully saturated rings. The lowest BCUT2D eigenvalue weighted by atomic mass is 10.1. The largest absolute Gasteiger partial charge is 0.370 e. The Morgan fingerprint density at radius 3 is 2.72 bits per heavy atom. The first-order valence-corrected chi connectivity index (χ1v) is 7.77. The van der Waals surface area contributed by atoms with Gasteiger partial charge in [0.1, 0.15) is 0 Å². The van der Waals surface area contributed by atoms with E-state index in [4.69, 9.17) is 5.90 Å². The van der Waals surface area contributed by atoms with Crippen LogP contribution in [0.25, 0.3) is 6.08 Å². The summed E-state index contributed by atoms with van der Waals surface area (Å²) < 4.78 is 0. The summed E-state index contributed by atoms with van der Waals surface area (Å²) in [5.74, 6) is 4.20. The van der Waals surface area contributed by atoms with E-state index in [1.54, 1.807) is 18.2 Å². The Morgan fingerprint density at radius 2 is 2.04 bits per heavy atom. The van der Waals surface area contributed by atoms with Crippen LogP contribution in [0, 0.1) is 10.1 Å². The lowest BCUT2D eigenvalue weighted by Crippen LogP contribution is -2.19. The van der Waals surface area contributed by atoms with Gasteiger partial charge < -0.3 is 9.74 Å². The molecule has 0 radical (unpaired) electrons. The number of hydrogen-bond donors (Lipinski definition) is 1. The zero-order valence-electron chi connectivity index (χ0n) is 13.4. The van der Waals surface area contributed by atoms with Crippen LogP contribution in [-0.2, 0) is 22.6 Å². The van der Waals surface area contributed by atoms with E-state index < -0.39 is 10.9 Å². The normalized spacial score (nSPS) is 13.1. The van der Waals surface area contributed by atoms with Crippen molar-refractivity contribution in [2.45, 2.75) is 13.0 Å². The van der Waals surface area contributed by atoms with Crippen LogP contribution in [0.15, 0.2) is 48.5 Å². The van der Waals surface area contributed by atoms with Gasteiger partial charge in [0, 0.05) is 37.0 Å². The summed E-state index contributed by atoms with van der Waals surface area (Å²) in [6.07, 6.45) is 3.85. The minimum Gasteiger partial charge on any atom is -0.370 e. The van der Waals surface area contributed by atoms with Gasteiger partial charge in [0.15, 0.2) is 0 Å². The van der Waals surface area contributed by atoms with E-state index in [-0.39, 0.29) is 5.69 Å². The molecular weight excluding hydrogens is 322 g/mol. The van der Waals surface area contributed by atoms with Gasteiger partial charge in [-0.15, -0.1) is 0 Å². The maximum atomic E-state index is 11.1. The molecule has 7 nitrogen and oxygen atoms in total. The van der Waals surface area contributed by atoms with E-state index in [1.165, 1.54) is 23.8 Å². The van der Waals surface area contributed by atoms with Crippen molar-refractivity contribution < 1.29 is 14.6 Å². The van der Waals surface area contributed by atoms with Gasteiger partial charge in [-0.25, -0.2) is 4.79 Å². The van der Waals surface area contributed by atoms with Crippen molar-refractivity contribution in [1.29, 1.82) is 0 Å². The smallest absolute Gasteiger partial charge is 0.349 e. The average Bonchev–Trinajstić information content (AvgIpc) is 3.02. The van der Waals surface area contributed by atoms with Crippen molar-refractivity contribution in [3.63, 3.8) is 0 Å². The van der Waals surface area contributed by atoms with Crippen LogP contribution in [0.5, 0.6) is 0 Å². The Balaban J connectivity index is 1.72. The fourth-order valence-electron chi connectivity index (χ4n) is 2.90. The molecule has 2 aromatic rings. The first-order valence-electron chi connectivity index (χ1n) is 7.77. The monoisotopic (exact) mass is 339 g/mol. The third-order valence-corrected chi connectivity index (χ3v) is 4.14. The van der Waals surface area contributed by atoms with Gasteiger partial charge in [-0.3, -0.25) is 10.1 Å². The Morgan fingerprint density at radius 1 is 1.28 bits per heavy atom. The van der Waals surface area contributed by atoms with Gasteiger partial charge in [0.25, 0.3) is 5.69 Å². The van der Waals surface area contributed by atoms with Crippen LogP contribution in [0.4, 0.5) is 11.4 Å². The number of fused-ring (bicyclic) bond motifs is 1. The van der Waals surface area contributed by atoms with Gasteiger partial charge in [-0.2, -0.15) is 5.90 Å². The molecule has 0 bridgehead atoms. The van der Waals surface area contributed by atoms with E-state index in [2.05, 4.69) is 9.74 Å². The molecule has 0 aromatic heterocycles. The van der Waals surface area contributed by atoms with E-state index in [0.717, 1.165) is 29.8 Å². The Kier molecular flexibility index (Phi) is 4.76. The molecule has 2 aromatic carbocycles. The number of nitrogens with zero attached hydrogens (tertiary/aromatic N) is 2. The first kappa shape index (κ1) is 16.7. The summed E-state index contributed by atoms with van der Waals surface area (Å²) in [6.45, 7) is 1.57. The van der Waals surface area contributed by atoms with Crippen molar-refractivity contribution in [2.75, 3.05) is 11.4 Å². The molecule has 1 heterocycles. The van der Waals surface area contributed by atoms with Crippen molar-refractivity contribution in [3.05, 3.63) is 75.3 Å². The highest BCUT2D eigenvalue weighted by atomic mass is 16.7. The van der Waals surface area contributed by atoms with E-state index >= 15 is 0 Å². The zero-order chi connectivity index (χ0) is 17.8. The molecule has 0 atom stereocenters. The van der Waals surface area contributed by atoms with Crippen molar-refractivity contribution in [3.8, 4) is 0 Å². The summed E-state index contributed by atoms with van der Waals surface area (Å²) in [7, 11) is 0. The second kappa shape index (κ2) is 7.14. The number of rotatable bonds is 5. The third-order valence-electron chi connectivity index (χ3n) is 4.14. The summed E-state index contributed by atoms with van der Waals surface area (Å²) in [5.41, 5.74) is 4.36. The van der Waals surface area contributed by atoms with Crippen molar-refractivity contribution in [2.24, 2.45) is 5.90 Å². The molecule has 1 aliphatic heterocycles. The van der Waals surface area contributed by atoms with Crippen LogP contribution in [0.3, 0.4) is 0 Å². The van der Waals surface area contributed by atoms with Gasteiger partial charge in [0.05, 0.1) is 4.92 Å². The number of nitrogens with two attached hydrogens (primary N) is 1. The van der Waals surface area contributed by atoms with Crippen LogP contribution in [0.1, 0.15) is 16.7 Å². The second-order valence-corrected chi connectivity index (χ2v) is 5.75. The van der Waals surface area contributed by atoms with E-state index in [9.17, 15) is 14.9 Å². The number of nitro groups is 1. The number of anilines is 1. The van der Waals surface area contributed by atoms with E-state index in [1.807, 2.05) is 18.2 Å². The molecule has 0 aliphatic carbocycles. The summed E-state index contributed by atoms with van der Waals surface area (Å²) in [5, 5.41) is 10.7. The number of non-ortho nitro benzene ring substituents is 1. The summed E-state index contributed by atoms with van der Waals surface area (Å²) >= 11 is 0. The Hall–Kier alpha value is -3.19. The molecule has 128 valence electrons. The highest BCUT2D eigenvalue weighted by molar-refractivity contribution is 5.87. The minimum atomic E-state index is -0.597. The minimum absolute atomic E-state index is 0.0954. The molecule has 0 saturated carbocycles. The van der Waals surface area contributed by atoms with Crippen LogP contribution in [0.2, 0.25) is 0 Å². The number of nitro benzene ring substituents is 1. The predicted molar refractivity (Wildman–Crippen MR) is 93.6 cm³/mol. The fourth-order valence-corrected chi connectivity index (χ4v) is 2.90. The van der Waals surface area contributed by atoms with E-state index in [0.29, 0.717) is 6.54 Å². The van der Waals surface area contributed by atoms with Crippen LogP contribution < -0.4 is 10.8 Å². The molecule has 0 spiro atoms. The van der Waals surface area contributed by atoms with Crippen LogP contribution in [-0.4, -0.2) is 17.4 Å². The second-order valence-electron chi connectivity index (χ2n) is 5.75. The quantitative estimate of drug-likeness (QED) is 0.511. The van der Waals surface area contributed by atoms with Crippen molar-refractivity contribution >= 4 is 23.4 Å². The SMILES string of the molecule is NOC(=O)/C=C/c1ccc2c(c1)CCN2Cc1ccc([N+](=O)[O-])cc1. The molecule has 0 amide bonds. The molecule has 0 saturated heterocycles. The zero-order valence-corrected chi connectivity index (χ0v) is 13.4.